The highest BCUT2D eigenvalue weighted by Crippen LogP contribution is 2.43. The fourth-order valence-electron chi connectivity index (χ4n) is 4.43. The van der Waals surface area contributed by atoms with Crippen LogP contribution >= 0.6 is 0 Å². The Balaban J connectivity index is 1.86. The van der Waals surface area contributed by atoms with E-state index in [2.05, 4.69) is 5.32 Å². The van der Waals surface area contributed by atoms with Crippen LogP contribution in [0, 0.1) is 5.41 Å². The number of hydrogen-bond acceptors (Lipinski definition) is 4. The summed E-state index contributed by atoms with van der Waals surface area (Å²) in [6.45, 7) is 2.73. The number of ketones is 1. The van der Waals surface area contributed by atoms with Crippen molar-refractivity contribution in [2.75, 3.05) is 16.6 Å². The summed E-state index contributed by atoms with van der Waals surface area (Å²) in [5.74, 6) is -1.19. The molecule has 2 aromatic rings. The van der Waals surface area contributed by atoms with Gasteiger partial charge in [-0.3, -0.25) is 14.4 Å². The van der Waals surface area contributed by atoms with Crippen molar-refractivity contribution in [3.63, 3.8) is 0 Å². The highest BCUT2D eigenvalue weighted by molar-refractivity contribution is 6.37. The van der Waals surface area contributed by atoms with Crippen molar-refractivity contribution < 1.29 is 14.4 Å². The number of Topliss-reactive ketones (excluding diaryl/α,β-unsaturated/α-hetero) is 1. The van der Waals surface area contributed by atoms with Gasteiger partial charge < -0.3 is 5.32 Å². The second-order valence-corrected chi connectivity index (χ2v) is 7.93. The van der Waals surface area contributed by atoms with E-state index >= 15 is 0 Å². The molecule has 2 fully saturated rings. The van der Waals surface area contributed by atoms with Gasteiger partial charge in [0.1, 0.15) is 0 Å². The molecular formula is C24H27N3O3. The van der Waals surface area contributed by atoms with Crippen LogP contribution in [0.25, 0.3) is 0 Å². The Labute approximate surface area is 176 Å². The quantitative estimate of drug-likeness (QED) is 0.716. The maximum absolute atomic E-state index is 13.9. The van der Waals surface area contributed by atoms with Crippen LogP contribution in [0.5, 0.6) is 0 Å². The molecule has 1 atom stereocenters. The van der Waals surface area contributed by atoms with E-state index in [0.717, 1.165) is 19.4 Å². The largest absolute Gasteiger partial charge is 0.307 e. The van der Waals surface area contributed by atoms with Gasteiger partial charge in [0.25, 0.3) is 11.8 Å². The van der Waals surface area contributed by atoms with E-state index in [1.54, 1.807) is 24.3 Å². The van der Waals surface area contributed by atoms with E-state index in [9.17, 15) is 14.4 Å². The number of benzene rings is 2. The van der Waals surface area contributed by atoms with Crippen LogP contribution in [0.4, 0.5) is 11.4 Å². The summed E-state index contributed by atoms with van der Waals surface area (Å²) < 4.78 is 0. The lowest BCUT2D eigenvalue weighted by Gasteiger charge is -2.27. The molecule has 6 heteroatoms. The predicted octanol–water partition coefficient (Wildman–Crippen LogP) is 3.48. The minimum absolute atomic E-state index is 0.227. The van der Waals surface area contributed by atoms with Gasteiger partial charge in [0.05, 0.1) is 17.4 Å². The number of hydrogen-bond donors (Lipinski definition) is 1. The first-order valence-corrected chi connectivity index (χ1v) is 10.7. The van der Waals surface area contributed by atoms with Gasteiger partial charge in [-0.15, -0.1) is 0 Å². The molecule has 0 aromatic heterocycles. The van der Waals surface area contributed by atoms with Crippen molar-refractivity contribution in [3.05, 3.63) is 60.7 Å². The minimum Gasteiger partial charge on any atom is -0.307 e. The monoisotopic (exact) mass is 405 g/mol. The van der Waals surface area contributed by atoms with E-state index in [1.165, 1.54) is 10.0 Å². The summed E-state index contributed by atoms with van der Waals surface area (Å²) in [6.07, 6.45) is 3.17. The third-order valence-corrected chi connectivity index (χ3v) is 6.02. The second-order valence-electron chi connectivity index (χ2n) is 7.93. The number of amides is 2. The van der Waals surface area contributed by atoms with Gasteiger partial charge >= 0.3 is 0 Å². The molecule has 156 valence electrons. The number of hydrazine groups is 1. The van der Waals surface area contributed by atoms with Crippen molar-refractivity contribution >= 4 is 29.0 Å². The first-order valence-electron chi connectivity index (χ1n) is 10.7. The first kappa shape index (κ1) is 20.3. The topological polar surface area (TPSA) is 69.7 Å². The van der Waals surface area contributed by atoms with E-state index in [1.807, 2.05) is 43.3 Å². The number of para-hydroxylation sites is 2. The predicted molar refractivity (Wildman–Crippen MR) is 116 cm³/mol. The zero-order valence-electron chi connectivity index (χ0n) is 17.2. The highest BCUT2D eigenvalue weighted by atomic mass is 16.2. The summed E-state index contributed by atoms with van der Waals surface area (Å²) >= 11 is 0. The van der Waals surface area contributed by atoms with Gasteiger partial charge in [0.2, 0.25) is 0 Å². The highest BCUT2D eigenvalue weighted by Gasteiger charge is 2.64. The summed E-state index contributed by atoms with van der Waals surface area (Å²) in [5.41, 5.74) is -0.542. The second kappa shape index (κ2) is 8.40. The van der Waals surface area contributed by atoms with Crippen LogP contribution in [0.3, 0.4) is 0 Å². The Bertz CT molecular complexity index is 866. The van der Waals surface area contributed by atoms with Gasteiger partial charge in [-0.25, -0.2) is 10.0 Å². The Morgan fingerprint density at radius 3 is 1.93 bits per heavy atom. The molecule has 0 aliphatic carbocycles. The van der Waals surface area contributed by atoms with Gasteiger partial charge in [-0.05, 0) is 50.1 Å². The fourth-order valence-corrected chi connectivity index (χ4v) is 4.43. The van der Waals surface area contributed by atoms with Crippen molar-refractivity contribution in [1.29, 1.82) is 0 Å². The van der Waals surface area contributed by atoms with Crippen molar-refractivity contribution in [2.45, 2.75) is 45.1 Å². The summed E-state index contributed by atoms with van der Waals surface area (Å²) in [4.78, 5) is 41.6. The summed E-state index contributed by atoms with van der Waals surface area (Å²) in [7, 11) is 0. The van der Waals surface area contributed by atoms with E-state index < -0.39 is 23.3 Å². The van der Waals surface area contributed by atoms with Gasteiger partial charge in [-0.1, -0.05) is 56.2 Å². The summed E-state index contributed by atoms with van der Waals surface area (Å²) in [5, 5.41) is 5.97. The fraction of sp³-hybridized carbons (Fsp3) is 0.375. The normalized spacial score (nSPS) is 20.8. The molecule has 2 amide bonds. The van der Waals surface area contributed by atoms with Crippen LogP contribution in [0.1, 0.15) is 39.0 Å². The molecule has 2 heterocycles. The molecule has 2 aromatic carbocycles. The lowest BCUT2D eigenvalue weighted by molar-refractivity contribution is -0.146. The summed E-state index contributed by atoms with van der Waals surface area (Å²) in [6, 6.07) is 17.7. The number of nitrogens with one attached hydrogen (secondary N) is 1. The minimum atomic E-state index is -1.69. The number of carbonyl (C=O) groups is 3. The number of nitrogens with zero attached hydrogens (tertiary/aromatic N) is 2. The average Bonchev–Trinajstić information content (AvgIpc) is 3.40. The van der Waals surface area contributed by atoms with Crippen molar-refractivity contribution in [2.24, 2.45) is 5.41 Å². The molecular weight excluding hydrogens is 378 g/mol. The molecule has 1 N–H and O–H groups in total. The Kier molecular flexibility index (Phi) is 5.68. The zero-order chi connectivity index (χ0) is 21.1. The molecule has 0 bridgehead atoms. The van der Waals surface area contributed by atoms with Gasteiger partial charge in [0.15, 0.2) is 11.2 Å². The first-order chi connectivity index (χ1) is 14.6. The Morgan fingerprint density at radius 2 is 1.50 bits per heavy atom. The van der Waals surface area contributed by atoms with Gasteiger partial charge in [-0.2, -0.15) is 0 Å². The smallest absolute Gasteiger partial charge is 0.269 e. The van der Waals surface area contributed by atoms with Crippen LogP contribution in [0.15, 0.2) is 60.7 Å². The number of anilines is 2. The lowest BCUT2D eigenvalue weighted by atomic mass is 9.74. The Hall–Kier alpha value is -2.99. The Morgan fingerprint density at radius 1 is 0.967 bits per heavy atom. The lowest BCUT2D eigenvalue weighted by Crippen LogP contribution is -2.51. The molecule has 30 heavy (non-hydrogen) atoms. The number of unbranched alkanes of at least 4 members (excludes halogenated alkanes) is 1. The standard InChI is InChI=1S/C24H27N3O3/c1-2-3-16-24(21(28)20-15-10-17-25-20)22(29)26(18-11-6-4-7-12-18)27(23(24)30)19-13-8-5-9-14-19/h4-9,11-14,20,25H,2-3,10,15-17H2,1H3/t20-/m0/s1. The molecule has 6 nitrogen and oxygen atoms in total. The zero-order valence-corrected chi connectivity index (χ0v) is 17.2. The SMILES string of the molecule is CCCCC1(C(=O)[C@@H]2CCCN2)C(=O)N(c2ccccc2)N(c2ccccc2)C1=O. The van der Waals surface area contributed by atoms with E-state index in [4.69, 9.17) is 0 Å². The van der Waals surface area contributed by atoms with Crippen LogP contribution < -0.4 is 15.3 Å². The maximum atomic E-state index is 13.9. The molecule has 0 radical (unpaired) electrons. The van der Waals surface area contributed by atoms with E-state index in [-0.39, 0.29) is 12.2 Å². The van der Waals surface area contributed by atoms with Crippen LogP contribution in [0.2, 0.25) is 0 Å². The van der Waals surface area contributed by atoms with Gasteiger partial charge in [0, 0.05) is 0 Å². The number of carbonyl (C=O) groups excluding carboxylic acids is 3. The third kappa shape index (κ3) is 3.21. The maximum Gasteiger partial charge on any atom is 0.269 e. The van der Waals surface area contributed by atoms with E-state index in [0.29, 0.717) is 24.2 Å². The molecule has 2 aliphatic rings. The molecule has 0 unspecified atom stereocenters. The third-order valence-electron chi connectivity index (χ3n) is 6.02. The molecule has 0 spiro atoms. The molecule has 2 saturated heterocycles. The van der Waals surface area contributed by atoms with Crippen LogP contribution in [-0.4, -0.2) is 30.2 Å². The molecule has 2 aliphatic heterocycles. The number of rotatable bonds is 7. The average molecular weight is 405 g/mol. The van der Waals surface area contributed by atoms with Crippen molar-refractivity contribution in [3.8, 4) is 0 Å². The molecule has 4 rings (SSSR count). The molecule has 0 saturated carbocycles. The van der Waals surface area contributed by atoms with Crippen molar-refractivity contribution in [1.82, 2.24) is 5.32 Å². The van der Waals surface area contributed by atoms with Crippen LogP contribution in [-0.2, 0) is 14.4 Å².